The third-order valence-electron chi connectivity index (χ3n) is 4.37. The van der Waals surface area contributed by atoms with Crippen molar-refractivity contribution in [1.29, 1.82) is 0 Å². The lowest BCUT2D eigenvalue weighted by molar-refractivity contribution is -0.687. The minimum Gasteiger partial charge on any atom is -0.201 e. The van der Waals surface area contributed by atoms with Crippen molar-refractivity contribution in [3.8, 4) is 0 Å². The van der Waals surface area contributed by atoms with Crippen LogP contribution >= 0.6 is 0 Å². The topological polar surface area (TPSA) is 3.88 Å². The largest absolute Gasteiger partial charge is 0.201 e. The number of allylic oxidation sites excluding steroid dienone is 1. The van der Waals surface area contributed by atoms with Crippen LogP contribution < -0.4 is 4.57 Å². The molecule has 0 spiro atoms. The fourth-order valence-corrected chi connectivity index (χ4v) is 2.92. The van der Waals surface area contributed by atoms with Crippen LogP contribution in [0.3, 0.4) is 0 Å². The molecular formula is C21H36N+. The number of pyridine rings is 1. The lowest BCUT2D eigenvalue weighted by atomic mass is 10.0. The van der Waals surface area contributed by atoms with Crippen LogP contribution in [0.1, 0.15) is 83.1 Å². The zero-order chi connectivity index (χ0) is 15.9. The highest BCUT2D eigenvalue weighted by atomic mass is 14.9. The summed E-state index contributed by atoms with van der Waals surface area (Å²) in [5.41, 5.74) is 1.47. The average Bonchev–Trinajstić information content (AvgIpc) is 2.54. The predicted molar refractivity (Wildman–Crippen MR) is 97.0 cm³/mol. The van der Waals surface area contributed by atoms with Gasteiger partial charge in [-0.2, -0.15) is 0 Å². The molecule has 1 aromatic rings. The van der Waals surface area contributed by atoms with Gasteiger partial charge in [-0.05, 0) is 24.5 Å². The second-order valence-corrected chi connectivity index (χ2v) is 6.48. The molecule has 0 bridgehead atoms. The molecule has 1 nitrogen and oxygen atoms in total. The van der Waals surface area contributed by atoms with Gasteiger partial charge in [-0.25, -0.2) is 4.57 Å². The Morgan fingerprint density at radius 2 is 1.32 bits per heavy atom. The summed E-state index contributed by atoms with van der Waals surface area (Å²) in [6, 6.07) is 4.50. The zero-order valence-corrected chi connectivity index (χ0v) is 14.7. The van der Waals surface area contributed by atoms with Crippen molar-refractivity contribution in [3.63, 3.8) is 0 Å². The highest BCUT2D eigenvalue weighted by Gasteiger charge is 1.99. The standard InChI is InChI=1S/C21H36N/c1-3-5-6-7-8-9-10-11-12-13-14-15-21-16-19-22(18-4-2)20-17-21/h4,16-17,19-20H,2-3,5-15,18H2,1H3/q+1. The first-order chi connectivity index (χ1) is 10.9. The van der Waals surface area contributed by atoms with E-state index in [-0.39, 0.29) is 0 Å². The van der Waals surface area contributed by atoms with E-state index in [1.807, 2.05) is 6.08 Å². The minimum absolute atomic E-state index is 0.902. The average molecular weight is 303 g/mol. The highest BCUT2D eigenvalue weighted by Crippen LogP contribution is 2.12. The molecule has 1 aromatic heterocycles. The summed E-state index contributed by atoms with van der Waals surface area (Å²) in [6.07, 6.45) is 23.1. The molecule has 0 aliphatic carbocycles. The molecule has 0 aromatic carbocycles. The van der Waals surface area contributed by atoms with E-state index in [0.29, 0.717) is 0 Å². The number of hydrogen-bond acceptors (Lipinski definition) is 0. The predicted octanol–water partition coefficient (Wildman–Crippen LogP) is 6.01. The van der Waals surface area contributed by atoms with Gasteiger partial charge in [0.1, 0.15) is 0 Å². The van der Waals surface area contributed by atoms with E-state index in [2.05, 4.69) is 42.6 Å². The van der Waals surface area contributed by atoms with Crippen molar-refractivity contribution in [2.75, 3.05) is 0 Å². The smallest absolute Gasteiger partial charge is 0.169 e. The number of nitrogens with zero attached hydrogens (tertiary/aromatic N) is 1. The Kier molecular flexibility index (Phi) is 11.7. The van der Waals surface area contributed by atoms with E-state index in [4.69, 9.17) is 0 Å². The van der Waals surface area contributed by atoms with Crippen molar-refractivity contribution in [2.24, 2.45) is 0 Å². The Morgan fingerprint density at radius 1 is 0.818 bits per heavy atom. The summed E-state index contributed by atoms with van der Waals surface area (Å²) in [7, 11) is 0. The maximum Gasteiger partial charge on any atom is 0.169 e. The Balaban J connectivity index is 1.91. The number of aryl methyl sites for hydroxylation is 1. The molecule has 0 atom stereocenters. The van der Waals surface area contributed by atoms with Gasteiger partial charge in [0.2, 0.25) is 0 Å². The van der Waals surface area contributed by atoms with E-state index in [0.717, 1.165) is 6.54 Å². The van der Waals surface area contributed by atoms with Crippen LogP contribution in [-0.4, -0.2) is 0 Å². The van der Waals surface area contributed by atoms with Gasteiger partial charge in [0.25, 0.3) is 0 Å². The van der Waals surface area contributed by atoms with Crippen molar-refractivity contribution in [1.82, 2.24) is 0 Å². The summed E-state index contributed by atoms with van der Waals surface area (Å²) in [4.78, 5) is 0. The Labute approximate surface area is 138 Å². The van der Waals surface area contributed by atoms with Gasteiger partial charge < -0.3 is 0 Å². The van der Waals surface area contributed by atoms with Crippen LogP contribution in [0.15, 0.2) is 37.2 Å². The van der Waals surface area contributed by atoms with Crippen molar-refractivity contribution >= 4 is 0 Å². The van der Waals surface area contributed by atoms with E-state index < -0.39 is 0 Å². The van der Waals surface area contributed by atoms with Gasteiger partial charge in [-0.15, -0.1) is 0 Å². The Hall–Kier alpha value is -1.11. The third kappa shape index (κ3) is 9.76. The summed E-state index contributed by atoms with van der Waals surface area (Å²) >= 11 is 0. The molecule has 0 saturated heterocycles. The molecule has 0 unspecified atom stereocenters. The van der Waals surface area contributed by atoms with Crippen LogP contribution in [0.4, 0.5) is 0 Å². The second kappa shape index (κ2) is 13.5. The molecule has 0 aliphatic heterocycles. The molecule has 0 saturated carbocycles. The maximum atomic E-state index is 3.77. The lowest BCUT2D eigenvalue weighted by Crippen LogP contribution is -2.31. The van der Waals surface area contributed by atoms with Crippen LogP contribution in [-0.2, 0) is 13.0 Å². The first-order valence-electron chi connectivity index (χ1n) is 9.45. The van der Waals surface area contributed by atoms with Crippen LogP contribution in [0.25, 0.3) is 0 Å². The SMILES string of the molecule is C=CC[n+]1ccc(CCCCCCCCCCCCC)cc1. The molecular weight excluding hydrogens is 266 g/mol. The van der Waals surface area contributed by atoms with Crippen LogP contribution in [0.5, 0.6) is 0 Å². The first-order valence-corrected chi connectivity index (χ1v) is 9.45. The van der Waals surface area contributed by atoms with Gasteiger partial charge in [-0.3, -0.25) is 0 Å². The van der Waals surface area contributed by atoms with E-state index in [9.17, 15) is 0 Å². The van der Waals surface area contributed by atoms with Crippen molar-refractivity contribution in [2.45, 2.75) is 90.5 Å². The summed E-state index contributed by atoms with van der Waals surface area (Å²) in [6.45, 7) is 6.95. The molecule has 22 heavy (non-hydrogen) atoms. The lowest BCUT2D eigenvalue weighted by Gasteiger charge is -2.03. The third-order valence-corrected chi connectivity index (χ3v) is 4.37. The molecule has 0 aliphatic rings. The monoisotopic (exact) mass is 302 g/mol. The molecule has 0 radical (unpaired) electrons. The molecule has 0 amide bonds. The summed E-state index contributed by atoms with van der Waals surface area (Å²) in [5.74, 6) is 0. The van der Waals surface area contributed by atoms with Crippen molar-refractivity contribution in [3.05, 3.63) is 42.7 Å². The fourth-order valence-electron chi connectivity index (χ4n) is 2.92. The van der Waals surface area contributed by atoms with E-state index in [1.165, 1.54) is 82.6 Å². The Bertz CT molecular complexity index is 366. The summed E-state index contributed by atoms with van der Waals surface area (Å²) in [5, 5.41) is 0. The maximum absolute atomic E-state index is 3.77. The zero-order valence-electron chi connectivity index (χ0n) is 14.7. The van der Waals surface area contributed by atoms with Crippen molar-refractivity contribution < 1.29 is 4.57 Å². The highest BCUT2D eigenvalue weighted by molar-refractivity contribution is 5.07. The van der Waals surface area contributed by atoms with Gasteiger partial charge in [0.05, 0.1) is 0 Å². The Morgan fingerprint density at radius 3 is 1.82 bits per heavy atom. The summed E-state index contributed by atoms with van der Waals surface area (Å²) < 4.78 is 2.16. The first kappa shape index (κ1) is 18.9. The normalized spacial score (nSPS) is 10.8. The van der Waals surface area contributed by atoms with Crippen LogP contribution in [0.2, 0.25) is 0 Å². The van der Waals surface area contributed by atoms with Gasteiger partial charge >= 0.3 is 0 Å². The van der Waals surface area contributed by atoms with Gasteiger partial charge in [0.15, 0.2) is 18.9 Å². The quantitative estimate of drug-likeness (QED) is 0.225. The van der Waals surface area contributed by atoms with Gasteiger partial charge in [0, 0.05) is 12.1 Å². The molecule has 0 fully saturated rings. The molecule has 1 heteroatoms. The molecule has 1 rings (SSSR count). The van der Waals surface area contributed by atoms with Crippen LogP contribution in [0, 0.1) is 0 Å². The molecule has 1 heterocycles. The number of aromatic nitrogens is 1. The number of unbranched alkanes of at least 4 members (excludes halogenated alkanes) is 10. The van der Waals surface area contributed by atoms with E-state index >= 15 is 0 Å². The second-order valence-electron chi connectivity index (χ2n) is 6.48. The van der Waals surface area contributed by atoms with Gasteiger partial charge in [-0.1, -0.05) is 77.7 Å². The van der Waals surface area contributed by atoms with E-state index in [1.54, 1.807) is 0 Å². The number of hydrogen-bond donors (Lipinski definition) is 0. The fraction of sp³-hybridized carbons (Fsp3) is 0.667. The number of rotatable bonds is 14. The molecule has 124 valence electrons. The molecule has 0 N–H and O–H groups in total. The minimum atomic E-state index is 0.902.